The van der Waals surface area contributed by atoms with Gasteiger partial charge in [0, 0.05) is 0 Å². The zero-order chi connectivity index (χ0) is 12.3. The van der Waals surface area contributed by atoms with Gasteiger partial charge in [-0.15, -0.1) is 0 Å². The molecular formula is C12H11ClN2OS. The van der Waals surface area contributed by atoms with Gasteiger partial charge in [0.1, 0.15) is 4.88 Å². The molecule has 2 rings (SSSR count). The fourth-order valence-electron chi connectivity index (χ4n) is 1.46. The molecule has 88 valence electrons. The van der Waals surface area contributed by atoms with Gasteiger partial charge in [0.15, 0.2) is 16.6 Å². The first-order valence-electron chi connectivity index (χ1n) is 5.13. The summed E-state index contributed by atoms with van der Waals surface area (Å²) in [6.07, 6.45) is 0.721. The quantitative estimate of drug-likeness (QED) is 0.857. The molecule has 0 radical (unpaired) electrons. The maximum absolute atomic E-state index is 10.7. The maximum Gasteiger partial charge on any atom is 0.185 e. The van der Waals surface area contributed by atoms with Crippen molar-refractivity contribution in [3.05, 3.63) is 45.9 Å². The van der Waals surface area contributed by atoms with Crippen LogP contribution in [0.2, 0.25) is 5.15 Å². The molecule has 0 spiro atoms. The second kappa shape index (κ2) is 5.29. The van der Waals surface area contributed by atoms with Crippen LogP contribution in [-0.2, 0) is 0 Å². The fourth-order valence-corrected chi connectivity index (χ4v) is 2.51. The van der Waals surface area contributed by atoms with E-state index in [1.165, 1.54) is 11.3 Å². The Kier molecular flexibility index (Phi) is 3.76. The van der Waals surface area contributed by atoms with E-state index in [2.05, 4.69) is 10.3 Å². The molecule has 2 aromatic rings. The van der Waals surface area contributed by atoms with Gasteiger partial charge in [-0.1, -0.05) is 53.3 Å². The van der Waals surface area contributed by atoms with Gasteiger partial charge in [0.2, 0.25) is 0 Å². The molecule has 5 heteroatoms. The van der Waals surface area contributed by atoms with Crippen LogP contribution in [0.3, 0.4) is 0 Å². The molecule has 17 heavy (non-hydrogen) atoms. The molecule has 0 aliphatic rings. The number of nitrogens with zero attached hydrogens (tertiary/aromatic N) is 1. The number of thiazole rings is 1. The van der Waals surface area contributed by atoms with Crippen molar-refractivity contribution in [1.29, 1.82) is 0 Å². The third-order valence-electron chi connectivity index (χ3n) is 2.36. The number of hydrogen-bond donors (Lipinski definition) is 1. The number of aromatic nitrogens is 1. The third kappa shape index (κ3) is 2.84. The summed E-state index contributed by atoms with van der Waals surface area (Å²) >= 11 is 7.06. The minimum atomic E-state index is 0.123. The lowest BCUT2D eigenvalue weighted by Gasteiger charge is -2.12. The second-order valence-electron chi connectivity index (χ2n) is 3.57. The molecule has 1 N–H and O–H groups in total. The average Bonchev–Trinajstić information content (AvgIpc) is 2.70. The van der Waals surface area contributed by atoms with Gasteiger partial charge < -0.3 is 5.32 Å². The van der Waals surface area contributed by atoms with Gasteiger partial charge in [0.05, 0.1) is 6.04 Å². The zero-order valence-electron chi connectivity index (χ0n) is 9.18. The first-order chi connectivity index (χ1) is 8.20. The smallest absolute Gasteiger partial charge is 0.185 e. The first kappa shape index (κ1) is 12.1. The summed E-state index contributed by atoms with van der Waals surface area (Å²) in [7, 11) is 0. The molecule has 0 amide bonds. The van der Waals surface area contributed by atoms with Crippen LogP contribution in [0, 0.1) is 0 Å². The van der Waals surface area contributed by atoms with Crippen molar-refractivity contribution in [3.8, 4) is 0 Å². The lowest BCUT2D eigenvalue weighted by Crippen LogP contribution is -2.05. The summed E-state index contributed by atoms with van der Waals surface area (Å²) < 4.78 is 0. The van der Waals surface area contributed by atoms with Gasteiger partial charge in [-0.2, -0.15) is 0 Å². The van der Waals surface area contributed by atoms with E-state index >= 15 is 0 Å². The Morgan fingerprint density at radius 3 is 2.71 bits per heavy atom. The van der Waals surface area contributed by atoms with Gasteiger partial charge in [-0.3, -0.25) is 4.79 Å². The Labute approximate surface area is 108 Å². The Morgan fingerprint density at radius 1 is 1.41 bits per heavy atom. The number of carbonyl (C=O) groups excluding carboxylic acids is 1. The number of anilines is 1. The van der Waals surface area contributed by atoms with E-state index in [1.807, 2.05) is 37.3 Å². The van der Waals surface area contributed by atoms with Crippen molar-refractivity contribution in [1.82, 2.24) is 4.98 Å². The summed E-state index contributed by atoms with van der Waals surface area (Å²) in [4.78, 5) is 15.2. The monoisotopic (exact) mass is 266 g/mol. The summed E-state index contributed by atoms with van der Waals surface area (Å²) in [6.45, 7) is 2.03. The van der Waals surface area contributed by atoms with Crippen molar-refractivity contribution in [2.24, 2.45) is 0 Å². The normalized spacial score (nSPS) is 12.1. The van der Waals surface area contributed by atoms with Crippen molar-refractivity contribution in [3.63, 3.8) is 0 Å². The minimum Gasteiger partial charge on any atom is -0.355 e. The lowest BCUT2D eigenvalue weighted by molar-refractivity contribution is 0.112. The fraction of sp³-hybridized carbons (Fsp3) is 0.167. The minimum absolute atomic E-state index is 0.123. The highest BCUT2D eigenvalue weighted by atomic mass is 35.5. The van der Waals surface area contributed by atoms with Crippen LogP contribution in [0.25, 0.3) is 0 Å². The van der Waals surface area contributed by atoms with E-state index in [0.717, 1.165) is 11.8 Å². The van der Waals surface area contributed by atoms with Crippen LogP contribution < -0.4 is 5.32 Å². The van der Waals surface area contributed by atoms with E-state index in [0.29, 0.717) is 10.0 Å². The highest BCUT2D eigenvalue weighted by Gasteiger charge is 2.11. The predicted molar refractivity (Wildman–Crippen MR) is 71.0 cm³/mol. The number of rotatable bonds is 4. The van der Waals surface area contributed by atoms with Crippen LogP contribution in [0.1, 0.15) is 28.2 Å². The first-order valence-corrected chi connectivity index (χ1v) is 6.33. The highest BCUT2D eigenvalue weighted by molar-refractivity contribution is 7.17. The Bertz CT molecular complexity index is 512. The zero-order valence-corrected chi connectivity index (χ0v) is 10.8. The molecule has 0 fully saturated rings. The molecule has 0 saturated heterocycles. The number of hydrogen-bond acceptors (Lipinski definition) is 4. The summed E-state index contributed by atoms with van der Waals surface area (Å²) in [6, 6.07) is 10.1. The molecular weight excluding hydrogens is 256 g/mol. The summed E-state index contributed by atoms with van der Waals surface area (Å²) in [5, 5.41) is 4.14. The maximum atomic E-state index is 10.7. The molecule has 0 unspecified atom stereocenters. The van der Waals surface area contributed by atoms with Gasteiger partial charge in [-0.25, -0.2) is 4.98 Å². The molecule has 1 aromatic carbocycles. The SMILES string of the molecule is C[C@H](Nc1nc(Cl)c(C=O)s1)c1ccccc1. The number of halogens is 1. The molecule has 1 heterocycles. The van der Waals surface area contributed by atoms with E-state index in [1.54, 1.807) is 0 Å². The number of benzene rings is 1. The van der Waals surface area contributed by atoms with Crippen molar-refractivity contribution in [2.75, 3.05) is 5.32 Å². The van der Waals surface area contributed by atoms with Crippen LogP contribution in [0.15, 0.2) is 30.3 Å². The molecule has 0 bridgehead atoms. The summed E-state index contributed by atoms with van der Waals surface area (Å²) in [5.74, 6) is 0. The topological polar surface area (TPSA) is 42.0 Å². The second-order valence-corrected chi connectivity index (χ2v) is 4.96. The summed E-state index contributed by atoms with van der Waals surface area (Å²) in [5.41, 5.74) is 1.16. The average molecular weight is 267 g/mol. The van der Waals surface area contributed by atoms with Crippen molar-refractivity contribution in [2.45, 2.75) is 13.0 Å². The largest absolute Gasteiger partial charge is 0.355 e. The molecule has 0 saturated carbocycles. The lowest BCUT2D eigenvalue weighted by atomic mass is 10.1. The standard InChI is InChI=1S/C12H11ClN2OS/c1-8(9-5-3-2-4-6-9)14-12-15-11(13)10(7-16)17-12/h2-8H,1H3,(H,14,15)/t8-/m0/s1. The van der Waals surface area contributed by atoms with Crippen molar-refractivity contribution >= 4 is 34.4 Å². The van der Waals surface area contributed by atoms with Gasteiger partial charge in [0.25, 0.3) is 0 Å². The number of carbonyl (C=O) groups is 1. The predicted octanol–water partition coefficient (Wildman–Crippen LogP) is 3.78. The van der Waals surface area contributed by atoms with Crippen LogP contribution >= 0.6 is 22.9 Å². The van der Waals surface area contributed by atoms with Gasteiger partial charge in [-0.05, 0) is 12.5 Å². The molecule has 1 atom stereocenters. The van der Waals surface area contributed by atoms with Gasteiger partial charge >= 0.3 is 0 Å². The van der Waals surface area contributed by atoms with Crippen LogP contribution in [0.5, 0.6) is 0 Å². The van der Waals surface area contributed by atoms with E-state index in [9.17, 15) is 4.79 Å². The van der Waals surface area contributed by atoms with E-state index < -0.39 is 0 Å². The molecule has 1 aromatic heterocycles. The van der Waals surface area contributed by atoms with Crippen LogP contribution in [0.4, 0.5) is 5.13 Å². The highest BCUT2D eigenvalue weighted by Crippen LogP contribution is 2.28. The Hall–Kier alpha value is -1.39. The van der Waals surface area contributed by atoms with Crippen LogP contribution in [-0.4, -0.2) is 11.3 Å². The Balaban J connectivity index is 2.13. The van der Waals surface area contributed by atoms with E-state index in [-0.39, 0.29) is 11.2 Å². The number of nitrogens with one attached hydrogen (secondary N) is 1. The number of aldehydes is 1. The Morgan fingerprint density at radius 2 is 2.12 bits per heavy atom. The van der Waals surface area contributed by atoms with Crippen molar-refractivity contribution < 1.29 is 4.79 Å². The molecule has 3 nitrogen and oxygen atoms in total. The third-order valence-corrected chi connectivity index (χ3v) is 3.67. The van der Waals surface area contributed by atoms with E-state index in [4.69, 9.17) is 11.6 Å². The molecule has 0 aliphatic carbocycles. The molecule has 0 aliphatic heterocycles.